The van der Waals surface area contributed by atoms with Gasteiger partial charge >= 0.3 is 5.97 Å². The number of thiophene rings is 1. The predicted molar refractivity (Wildman–Crippen MR) is 151 cm³/mol. The largest absolute Gasteiger partial charge is 0.479 e. The second-order valence-electron chi connectivity index (χ2n) is 9.83. The van der Waals surface area contributed by atoms with Crippen LogP contribution in [0.4, 0.5) is 0 Å². The maximum atomic E-state index is 14.0. The third kappa shape index (κ3) is 6.47. The van der Waals surface area contributed by atoms with Crippen LogP contribution in [0.5, 0.6) is 0 Å². The first-order valence-corrected chi connectivity index (χ1v) is 13.7. The molecule has 0 fully saturated rings. The molecule has 3 N–H and O–H groups in total. The van der Waals surface area contributed by atoms with Crippen LogP contribution in [0.2, 0.25) is 0 Å². The number of rotatable bonds is 10. The molecule has 9 nitrogen and oxygen atoms in total. The summed E-state index contributed by atoms with van der Waals surface area (Å²) in [5.74, 6) is -3.13. The molecule has 0 bridgehead atoms. The molecule has 1 aliphatic heterocycles. The van der Waals surface area contributed by atoms with E-state index in [1.807, 2.05) is 26.0 Å². The van der Waals surface area contributed by atoms with Crippen molar-refractivity contribution in [3.63, 3.8) is 0 Å². The third-order valence-corrected chi connectivity index (χ3v) is 7.48. The van der Waals surface area contributed by atoms with Gasteiger partial charge in [-0.1, -0.05) is 80.6 Å². The fourth-order valence-electron chi connectivity index (χ4n) is 4.68. The molecule has 208 valence electrons. The number of carbonyl (C=O) groups excluding carboxylic acids is 3. The normalized spacial score (nSPS) is 16.9. The predicted octanol–water partition coefficient (Wildman–Crippen LogP) is 3.23. The van der Waals surface area contributed by atoms with Gasteiger partial charge in [0.25, 0.3) is 11.8 Å². The molecule has 2 aromatic carbocycles. The molecule has 4 rings (SSSR count). The zero-order valence-corrected chi connectivity index (χ0v) is 23.0. The van der Waals surface area contributed by atoms with Gasteiger partial charge in [0.15, 0.2) is 6.10 Å². The van der Waals surface area contributed by atoms with Gasteiger partial charge in [-0.05, 0) is 34.9 Å². The average molecular weight is 562 g/mol. The van der Waals surface area contributed by atoms with E-state index in [9.17, 15) is 29.4 Å². The lowest BCUT2D eigenvalue weighted by Gasteiger charge is -2.41. The molecule has 1 aliphatic rings. The van der Waals surface area contributed by atoms with Crippen LogP contribution in [0.3, 0.4) is 0 Å². The number of hydrogen-bond donors (Lipinski definition) is 3. The van der Waals surface area contributed by atoms with Crippen molar-refractivity contribution in [3.05, 3.63) is 100 Å². The molecule has 0 saturated carbocycles. The second-order valence-corrected chi connectivity index (χ2v) is 10.8. The van der Waals surface area contributed by atoms with Crippen molar-refractivity contribution in [2.24, 2.45) is 5.92 Å². The third-order valence-electron chi connectivity index (χ3n) is 6.62. The Morgan fingerprint density at radius 1 is 0.975 bits per heavy atom. The zero-order valence-electron chi connectivity index (χ0n) is 22.1. The smallest absolute Gasteiger partial charge is 0.334 e. The van der Waals surface area contributed by atoms with E-state index in [0.717, 1.165) is 5.56 Å². The zero-order chi connectivity index (χ0) is 28.8. The molecule has 3 aromatic rings. The Bertz CT molecular complexity index is 1370. The first-order valence-electron chi connectivity index (χ1n) is 12.9. The molecular weight excluding hydrogens is 530 g/mol. The number of amides is 3. The van der Waals surface area contributed by atoms with Crippen molar-refractivity contribution >= 4 is 40.7 Å². The lowest BCUT2D eigenvalue weighted by molar-refractivity contribution is -0.149. The summed E-state index contributed by atoms with van der Waals surface area (Å²) in [6, 6.07) is 19.3. The van der Waals surface area contributed by atoms with Crippen LogP contribution >= 0.6 is 11.3 Å². The van der Waals surface area contributed by atoms with Crippen LogP contribution in [0, 0.1) is 5.92 Å². The molecule has 3 atom stereocenters. The van der Waals surface area contributed by atoms with Crippen molar-refractivity contribution in [3.8, 4) is 0 Å². The summed E-state index contributed by atoms with van der Waals surface area (Å²) in [6.07, 6.45) is -0.176. The SMILES string of the molecule is CC(C)C1C(=O)N(CC(=O)N[C@@H](Cc2ccccc2)C(O)C(=O)O)C(c2ccccc2)=CN1C(=O)c1cccs1. The summed E-state index contributed by atoms with van der Waals surface area (Å²) in [4.78, 5) is 55.6. The highest BCUT2D eigenvalue weighted by Gasteiger charge is 2.41. The lowest BCUT2D eigenvalue weighted by atomic mass is 9.96. The maximum absolute atomic E-state index is 14.0. The summed E-state index contributed by atoms with van der Waals surface area (Å²) in [5.41, 5.74) is 1.72. The van der Waals surface area contributed by atoms with E-state index in [1.165, 1.54) is 21.1 Å². The van der Waals surface area contributed by atoms with Crippen molar-refractivity contribution < 1.29 is 29.4 Å². The van der Waals surface area contributed by atoms with Crippen LogP contribution < -0.4 is 5.32 Å². The first-order chi connectivity index (χ1) is 19.2. The fourth-order valence-corrected chi connectivity index (χ4v) is 5.35. The van der Waals surface area contributed by atoms with Gasteiger partial charge in [-0.2, -0.15) is 0 Å². The number of benzene rings is 2. The van der Waals surface area contributed by atoms with E-state index < -0.39 is 42.5 Å². The first kappa shape index (κ1) is 28.7. The van der Waals surface area contributed by atoms with Crippen molar-refractivity contribution in [1.82, 2.24) is 15.1 Å². The highest BCUT2D eigenvalue weighted by atomic mass is 32.1. The fraction of sp³-hybridized carbons (Fsp3) is 0.267. The van der Waals surface area contributed by atoms with Gasteiger partial charge in [0.2, 0.25) is 5.91 Å². The van der Waals surface area contributed by atoms with Gasteiger partial charge < -0.3 is 15.5 Å². The van der Waals surface area contributed by atoms with Crippen LogP contribution in [-0.2, 0) is 20.8 Å². The maximum Gasteiger partial charge on any atom is 0.334 e. The summed E-state index contributed by atoms with van der Waals surface area (Å²) in [7, 11) is 0. The van der Waals surface area contributed by atoms with E-state index in [0.29, 0.717) is 16.1 Å². The van der Waals surface area contributed by atoms with Crippen molar-refractivity contribution in [1.29, 1.82) is 0 Å². The van der Waals surface area contributed by atoms with E-state index in [-0.39, 0.29) is 18.2 Å². The molecule has 0 aliphatic carbocycles. The molecule has 2 unspecified atom stereocenters. The number of carbonyl (C=O) groups is 4. The van der Waals surface area contributed by atoms with E-state index >= 15 is 0 Å². The van der Waals surface area contributed by atoms with Crippen molar-refractivity contribution in [2.45, 2.75) is 38.5 Å². The minimum Gasteiger partial charge on any atom is -0.479 e. The minimum absolute atomic E-state index is 0.0765. The molecule has 0 spiro atoms. The van der Waals surface area contributed by atoms with E-state index in [2.05, 4.69) is 5.32 Å². The molecular formula is C30H31N3O6S. The molecule has 3 amide bonds. The Morgan fingerprint density at radius 3 is 2.20 bits per heavy atom. The summed E-state index contributed by atoms with van der Waals surface area (Å²) in [5, 5.41) is 24.2. The Balaban J connectivity index is 1.66. The molecule has 10 heteroatoms. The Labute approximate surface area is 236 Å². The number of aliphatic hydroxyl groups excluding tert-OH is 1. The van der Waals surface area contributed by atoms with E-state index in [4.69, 9.17) is 0 Å². The minimum atomic E-state index is -1.85. The number of aliphatic hydroxyl groups is 1. The number of hydrogen-bond acceptors (Lipinski definition) is 6. The Kier molecular flexibility index (Phi) is 9.13. The van der Waals surface area contributed by atoms with Crippen molar-refractivity contribution in [2.75, 3.05) is 6.54 Å². The standard InChI is InChI=1S/C30H31N3O6S/c1-19(2)26-29(37)32(18-25(34)31-22(27(35)30(38)39)16-20-10-5-3-6-11-20)23(21-12-7-4-8-13-21)17-33(26)28(36)24-14-9-15-40-24/h3-15,17,19,22,26-27,35H,16,18H2,1-2H3,(H,31,34)(H,38,39)/t22-,26?,27?/m0/s1. The van der Waals surface area contributed by atoms with Gasteiger partial charge in [-0.3, -0.25) is 24.2 Å². The van der Waals surface area contributed by atoms with Gasteiger partial charge in [-0.25, -0.2) is 4.79 Å². The molecule has 0 radical (unpaired) electrons. The lowest BCUT2D eigenvalue weighted by Crippen LogP contribution is -2.57. The highest BCUT2D eigenvalue weighted by molar-refractivity contribution is 7.12. The monoisotopic (exact) mass is 561 g/mol. The number of carboxylic acids is 1. The number of nitrogens with zero attached hydrogens (tertiary/aromatic N) is 2. The quantitative estimate of drug-likeness (QED) is 0.349. The van der Waals surface area contributed by atoms with Gasteiger partial charge in [0.1, 0.15) is 12.6 Å². The van der Waals surface area contributed by atoms with Crippen LogP contribution in [0.1, 0.15) is 34.6 Å². The number of carboxylic acid groups (broad SMARTS) is 1. The number of nitrogens with one attached hydrogen (secondary N) is 1. The summed E-state index contributed by atoms with van der Waals surface area (Å²) < 4.78 is 0. The molecule has 2 heterocycles. The average Bonchev–Trinajstić information content (AvgIpc) is 3.48. The topological polar surface area (TPSA) is 127 Å². The van der Waals surface area contributed by atoms with Crippen LogP contribution in [-0.4, -0.2) is 68.4 Å². The highest BCUT2D eigenvalue weighted by Crippen LogP contribution is 2.31. The second kappa shape index (κ2) is 12.7. The van der Waals surface area contributed by atoms with Gasteiger partial charge in [0.05, 0.1) is 16.6 Å². The summed E-state index contributed by atoms with van der Waals surface area (Å²) in [6.45, 7) is 3.23. The van der Waals surface area contributed by atoms with Crippen LogP contribution in [0.25, 0.3) is 5.70 Å². The summed E-state index contributed by atoms with van der Waals surface area (Å²) >= 11 is 1.28. The Morgan fingerprint density at radius 2 is 1.62 bits per heavy atom. The molecule has 40 heavy (non-hydrogen) atoms. The molecule has 1 aromatic heterocycles. The Hall–Kier alpha value is -4.28. The molecule has 0 saturated heterocycles. The van der Waals surface area contributed by atoms with Gasteiger partial charge in [-0.15, -0.1) is 11.3 Å². The number of aliphatic carboxylic acids is 1. The van der Waals surface area contributed by atoms with E-state index in [1.54, 1.807) is 72.2 Å². The van der Waals surface area contributed by atoms with Crippen LogP contribution in [0.15, 0.2) is 84.4 Å². The van der Waals surface area contributed by atoms with Gasteiger partial charge in [0, 0.05) is 6.20 Å².